The molecule has 0 aromatic carbocycles. The highest BCUT2D eigenvalue weighted by molar-refractivity contribution is 6.03. The van der Waals surface area contributed by atoms with E-state index in [1.54, 1.807) is 42.4 Å². The second-order valence-electron chi connectivity index (χ2n) is 10.2. The number of aromatic nitrogens is 3. The molecular formula is C25H24F2N10O3. The van der Waals surface area contributed by atoms with Gasteiger partial charge in [-0.25, -0.2) is 38.4 Å². The van der Waals surface area contributed by atoms with Crippen LogP contribution in [0.2, 0.25) is 0 Å². The molecule has 15 heteroatoms. The number of likely N-dealkylation sites (N-methyl/N-ethyl adjacent to an activating group) is 1. The predicted molar refractivity (Wildman–Crippen MR) is 136 cm³/mol. The monoisotopic (exact) mass is 550 g/mol. The van der Waals surface area contributed by atoms with Crippen molar-refractivity contribution >= 4 is 36.0 Å². The van der Waals surface area contributed by atoms with E-state index in [-0.39, 0.29) is 18.9 Å². The highest BCUT2D eigenvalue weighted by atomic mass is 19.3. The van der Waals surface area contributed by atoms with Gasteiger partial charge in [0.15, 0.2) is 12.2 Å². The summed E-state index contributed by atoms with van der Waals surface area (Å²) in [5.74, 6) is -4.27. The molecule has 1 saturated carbocycles. The molecule has 1 N–H and O–H groups in total. The summed E-state index contributed by atoms with van der Waals surface area (Å²) in [6.07, 6.45) is 3.67. The van der Waals surface area contributed by atoms with Gasteiger partial charge >= 0.3 is 6.03 Å². The Morgan fingerprint density at radius 3 is 2.60 bits per heavy atom. The number of nitriles is 1. The van der Waals surface area contributed by atoms with E-state index in [0.29, 0.717) is 17.2 Å². The van der Waals surface area contributed by atoms with Crippen molar-refractivity contribution in [1.82, 2.24) is 29.7 Å². The number of nitrogens with one attached hydrogen (secondary N) is 1. The Labute approximate surface area is 227 Å². The molecule has 206 valence electrons. The predicted octanol–water partition coefficient (Wildman–Crippen LogP) is 1.02. The molecule has 4 unspecified atom stereocenters. The molecule has 6 rings (SSSR count). The van der Waals surface area contributed by atoms with Crippen LogP contribution in [0.3, 0.4) is 0 Å². The molecule has 3 fully saturated rings. The number of imide groups is 1. The number of rotatable bonds is 6. The van der Waals surface area contributed by atoms with Crippen molar-refractivity contribution in [3.63, 3.8) is 0 Å². The third kappa shape index (κ3) is 3.98. The molecule has 0 bridgehead atoms. The SMILES string of the molecule is C[C@@H](C(=O)Nc1cccc(-c2cnc(N3CC4C(C3)C4(F)F)nc2)n1)N1C=NC2C1C(=O)N(CC#N)C(=O)N2C. The fourth-order valence-electron chi connectivity index (χ4n) is 5.45. The van der Waals surface area contributed by atoms with Gasteiger partial charge in [0.25, 0.3) is 11.8 Å². The molecule has 13 nitrogen and oxygen atoms in total. The molecule has 5 heterocycles. The van der Waals surface area contributed by atoms with E-state index in [0.717, 1.165) is 4.90 Å². The Balaban J connectivity index is 1.12. The van der Waals surface area contributed by atoms with Crippen molar-refractivity contribution in [3.8, 4) is 17.3 Å². The van der Waals surface area contributed by atoms with E-state index in [9.17, 15) is 23.2 Å². The van der Waals surface area contributed by atoms with Gasteiger partial charge in [-0.15, -0.1) is 0 Å². The summed E-state index contributed by atoms with van der Waals surface area (Å²) in [5, 5.41) is 11.8. The number of halogens is 2. The lowest BCUT2D eigenvalue weighted by Gasteiger charge is -2.41. The first-order valence-corrected chi connectivity index (χ1v) is 12.6. The Morgan fingerprint density at radius 1 is 1.23 bits per heavy atom. The Hall–Kier alpha value is -4.74. The number of alkyl halides is 2. The van der Waals surface area contributed by atoms with Crippen LogP contribution < -0.4 is 10.2 Å². The Morgan fingerprint density at radius 2 is 1.93 bits per heavy atom. The third-order valence-electron chi connectivity index (χ3n) is 7.88. The summed E-state index contributed by atoms with van der Waals surface area (Å²) in [4.78, 5) is 61.3. The first-order chi connectivity index (χ1) is 19.1. The molecule has 2 saturated heterocycles. The number of carbonyl (C=O) groups excluding carboxylic acids is 3. The van der Waals surface area contributed by atoms with Crippen LogP contribution in [0.5, 0.6) is 0 Å². The fraction of sp³-hybridized carbons (Fsp3) is 0.440. The van der Waals surface area contributed by atoms with Crippen LogP contribution in [-0.4, -0.2) is 105 Å². The first kappa shape index (κ1) is 25.5. The number of anilines is 2. The van der Waals surface area contributed by atoms with Crippen molar-refractivity contribution in [2.45, 2.75) is 31.1 Å². The van der Waals surface area contributed by atoms with E-state index >= 15 is 0 Å². The maximum atomic E-state index is 13.5. The zero-order valence-corrected chi connectivity index (χ0v) is 21.5. The molecule has 5 atom stereocenters. The van der Waals surface area contributed by atoms with Crippen LogP contribution in [0, 0.1) is 23.2 Å². The summed E-state index contributed by atoms with van der Waals surface area (Å²) in [6.45, 7) is 1.65. The lowest BCUT2D eigenvalue weighted by atomic mass is 10.1. The zero-order chi connectivity index (χ0) is 28.3. The largest absolute Gasteiger partial charge is 0.340 e. The smallest absolute Gasteiger partial charge is 0.329 e. The number of nitrogens with zero attached hydrogens (tertiary/aromatic N) is 9. The second kappa shape index (κ2) is 9.18. The normalized spacial score (nSPS) is 26.9. The van der Waals surface area contributed by atoms with Gasteiger partial charge in [0.05, 0.1) is 29.9 Å². The molecular weight excluding hydrogens is 526 g/mol. The fourth-order valence-corrected chi connectivity index (χ4v) is 5.45. The second-order valence-corrected chi connectivity index (χ2v) is 10.2. The minimum absolute atomic E-state index is 0.229. The van der Waals surface area contributed by atoms with E-state index < -0.39 is 60.4 Å². The first-order valence-electron chi connectivity index (χ1n) is 12.6. The van der Waals surface area contributed by atoms with Gasteiger partial charge in [-0.2, -0.15) is 5.26 Å². The summed E-state index contributed by atoms with van der Waals surface area (Å²) in [7, 11) is 1.49. The van der Waals surface area contributed by atoms with E-state index in [1.807, 2.05) is 6.07 Å². The van der Waals surface area contributed by atoms with Crippen molar-refractivity contribution in [2.24, 2.45) is 16.8 Å². The van der Waals surface area contributed by atoms with Crippen LogP contribution in [-0.2, 0) is 9.59 Å². The van der Waals surface area contributed by atoms with Crippen LogP contribution >= 0.6 is 0 Å². The number of urea groups is 1. The highest BCUT2D eigenvalue weighted by Gasteiger charge is 2.72. The number of carbonyl (C=O) groups is 3. The minimum Gasteiger partial charge on any atom is -0.340 e. The molecule has 0 spiro atoms. The maximum Gasteiger partial charge on any atom is 0.329 e. The van der Waals surface area contributed by atoms with Gasteiger partial charge in [0.1, 0.15) is 18.4 Å². The molecule has 0 radical (unpaired) electrons. The molecule has 1 aliphatic carbocycles. The number of amides is 4. The topological polar surface area (TPSA) is 151 Å². The minimum atomic E-state index is -2.58. The number of piperidine rings is 1. The van der Waals surface area contributed by atoms with Crippen LogP contribution in [0.1, 0.15) is 6.92 Å². The maximum absolute atomic E-state index is 13.5. The Kier molecular flexibility index (Phi) is 5.86. The van der Waals surface area contributed by atoms with Gasteiger partial charge < -0.3 is 20.0 Å². The highest BCUT2D eigenvalue weighted by Crippen LogP contribution is 2.59. The molecule has 2 aromatic heterocycles. The zero-order valence-electron chi connectivity index (χ0n) is 21.5. The lowest BCUT2D eigenvalue weighted by molar-refractivity contribution is -0.138. The average Bonchev–Trinajstić information content (AvgIpc) is 3.38. The standard InChI is InChI=1S/C25H24F2N10O3/c1-13(37-12-31-20-19(37)22(39)36(7-6-28)24(40)34(20)2)21(38)33-18-5-3-4-17(32-18)14-8-29-23(30-9-14)35-10-15-16(11-35)25(15,26)27/h3-5,8-9,12-13,15-16,19-20H,7,10-11H2,1-2H3,(H,32,33,38)/t13-,15?,16?,19?,20?/m0/s1. The van der Waals surface area contributed by atoms with Gasteiger partial charge in [0, 0.05) is 38.1 Å². The number of hydrogen-bond acceptors (Lipinski definition) is 10. The quantitative estimate of drug-likeness (QED) is 0.520. The number of hydrogen-bond donors (Lipinski definition) is 1. The van der Waals surface area contributed by atoms with E-state index in [1.165, 1.54) is 23.2 Å². The van der Waals surface area contributed by atoms with E-state index in [2.05, 4.69) is 25.3 Å². The van der Waals surface area contributed by atoms with Gasteiger partial charge in [-0.1, -0.05) is 6.07 Å². The molecule has 40 heavy (non-hydrogen) atoms. The van der Waals surface area contributed by atoms with Gasteiger partial charge in [0.2, 0.25) is 11.9 Å². The van der Waals surface area contributed by atoms with Crippen LogP contribution in [0.25, 0.3) is 11.3 Å². The molecule has 4 amide bonds. The molecule has 2 aromatic rings. The summed E-state index contributed by atoms with van der Waals surface area (Å²) >= 11 is 0. The summed E-state index contributed by atoms with van der Waals surface area (Å²) < 4.78 is 27.0. The number of pyridine rings is 1. The number of aliphatic imine (C=N–C) groups is 1. The third-order valence-corrected chi connectivity index (χ3v) is 7.88. The van der Waals surface area contributed by atoms with Gasteiger partial charge in [-0.3, -0.25) is 9.59 Å². The van der Waals surface area contributed by atoms with Gasteiger partial charge in [-0.05, 0) is 19.1 Å². The van der Waals surface area contributed by atoms with Crippen molar-refractivity contribution in [2.75, 3.05) is 36.9 Å². The summed E-state index contributed by atoms with van der Waals surface area (Å²) in [6, 6.07) is 4.41. The molecule has 4 aliphatic rings. The van der Waals surface area contributed by atoms with Crippen LogP contribution in [0.4, 0.5) is 25.3 Å². The van der Waals surface area contributed by atoms with E-state index in [4.69, 9.17) is 5.26 Å². The average molecular weight is 551 g/mol. The van der Waals surface area contributed by atoms with Crippen LogP contribution in [0.15, 0.2) is 35.6 Å². The molecule has 3 aliphatic heterocycles. The summed E-state index contributed by atoms with van der Waals surface area (Å²) in [5.41, 5.74) is 1.07. The van der Waals surface area contributed by atoms with Crippen molar-refractivity contribution in [3.05, 3.63) is 30.6 Å². The lowest BCUT2D eigenvalue weighted by Crippen LogP contribution is -2.66. The van der Waals surface area contributed by atoms with Crippen molar-refractivity contribution < 1.29 is 23.2 Å². The Bertz CT molecular complexity index is 1450. The number of fused-ring (bicyclic) bond motifs is 2. The van der Waals surface area contributed by atoms with Crippen molar-refractivity contribution in [1.29, 1.82) is 5.26 Å².